The first-order chi connectivity index (χ1) is 6.00. The topological polar surface area (TPSA) is 101 Å². The molecule has 5 N–H and O–H groups in total. The summed E-state index contributed by atoms with van der Waals surface area (Å²) in [5.41, 5.74) is -0.326. The van der Waals surface area contributed by atoms with Crippen LogP contribution in [0.15, 0.2) is 0 Å². The van der Waals surface area contributed by atoms with Crippen molar-refractivity contribution in [3.63, 3.8) is 0 Å². The van der Waals surface area contributed by atoms with Crippen LogP contribution < -0.4 is 0 Å². The highest BCUT2D eigenvalue weighted by atomic mass is 16.3. The van der Waals surface area contributed by atoms with Gasteiger partial charge in [0.15, 0.2) is 23.0 Å². The minimum absolute atomic E-state index is 0.0350. The van der Waals surface area contributed by atoms with Crippen LogP contribution in [0.4, 0.5) is 0 Å². The maximum atomic E-state index is 9.20. The maximum absolute atomic E-state index is 9.20. The summed E-state index contributed by atoms with van der Waals surface area (Å²) < 4.78 is 0. The standard InChI is InChI=1S/C8H10O5/c1-3-5(10)7(12)4(2-9)8(13)6(3)11/h9-13H,2H2,1H3. The van der Waals surface area contributed by atoms with Gasteiger partial charge in [0.2, 0.25) is 0 Å². The fourth-order valence-corrected chi connectivity index (χ4v) is 1.02. The van der Waals surface area contributed by atoms with Crippen molar-refractivity contribution in [3.05, 3.63) is 11.1 Å². The second kappa shape index (κ2) is 3.02. The highest BCUT2D eigenvalue weighted by Crippen LogP contribution is 2.45. The van der Waals surface area contributed by atoms with Crippen molar-refractivity contribution in [1.82, 2.24) is 0 Å². The molecule has 0 spiro atoms. The molecule has 1 rings (SSSR count). The van der Waals surface area contributed by atoms with E-state index in [1.54, 1.807) is 0 Å². The maximum Gasteiger partial charge on any atom is 0.167 e. The molecule has 0 aromatic heterocycles. The Morgan fingerprint density at radius 2 is 1.23 bits per heavy atom. The zero-order valence-electron chi connectivity index (χ0n) is 6.94. The summed E-state index contributed by atoms with van der Waals surface area (Å²) in [5, 5.41) is 45.5. The predicted octanol–water partition coefficient (Wildman–Crippen LogP) is 0.310. The molecule has 1 aromatic carbocycles. The van der Waals surface area contributed by atoms with Gasteiger partial charge in [-0.3, -0.25) is 0 Å². The first kappa shape index (κ1) is 9.47. The van der Waals surface area contributed by atoms with Crippen LogP contribution in [0.3, 0.4) is 0 Å². The van der Waals surface area contributed by atoms with Gasteiger partial charge in [-0.2, -0.15) is 0 Å². The molecule has 0 saturated carbocycles. The summed E-state index contributed by atoms with van der Waals surface area (Å²) in [7, 11) is 0. The molecule has 0 radical (unpaired) electrons. The number of aliphatic hydroxyl groups excluding tert-OH is 1. The SMILES string of the molecule is Cc1c(O)c(O)c(CO)c(O)c1O. The number of rotatable bonds is 1. The normalized spacial score (nSPS) is 10.3. The summed E-state index contributed by atoms with van der Waals surface area (Å²) in [4.78, 5) is 0. The Kier molecular flexibility index (Phi) is 2.20. The van der Waals surface area contributed by atoms with Crippen LogP contribution in [0.5, 0.6) is 23.0 Å². The lowest BCUT2D eigenvalue weighted by Crippen LogP contribution is -1.89. The van der Waals surface area contributed by atoms with Crippen molar-refractivity contribution < 1.29 is 25.5 Å². The molecular formula is C8H10O5. The highest BCUT2D eigenvalue weighted by Gasteiger charge is 2.19. The van der Waals surface area contributed by atoms with Crippen LogP contribution in [0.2, 0.25) is 0 Å². The van der Waals surface area contributed by atoms with Crippen molar-refractivity contribution in [1.29, 1.82) is 0 Å². The Morgan fingerprint density at radius 3 is 1.54 bits per heavy atom. The molecule has 0 unspecified atom stereocenters. The van der Waals surface area contributed by atoms with Crippen molar-refractivity contribution in [2.75, 3.05) is 0 Å². The van der Waals surface area contributed by atoms with E-state index in [1.807, 2.05) is 0 Å². The van der Waals surface area contributed by atoms with Gasteiger partial charge in [0, 0.05) is 5.56 Å². The molecule has 0 amide bonds. The second-order valence-electron chi connectivity index (χ2n) is 2.66. The van der Waals surface area contributed by atoms with Gasteiger partial charge in [-0.1, -0.05) is 0 Å². The van der Waals surface area contributed by atoms with Gasteiger partial charge in [0.25, 0.3) is 0 Å². The van der Waals surface area contributed by atoms with E-state index in [2.05, 4.69) is 0 Å². The lowest BCUT2D eigenvalue weighted by atomic mass is 10.1. The average molecular weight is 186 g/mol. The molecule has 1 aromatic rings. The first-order valence-corrected chi connectivity index (χ1v) is 3.56. The summed E-state index contributed by atoms with van der Waals surface area (Å²) >= 11 is 0. The van der Waals surface area contributed by atoms with E-state index in [1.165, 1.54) is 6.92 Å². The van der Waals surface area contributed by atoms with Gasteiger partial charge < -0.3 is 25.5 Å². The zero-order valence-corrected chi connectivity index (χ0v) is 6.94. The molecule has 0 aliphatic heterocycles. The third kappa shape index (κ3) is 1.23. The van der Waals surface area contributed by atoms with Gasteiger partial charge >= 0.3 is 0 Å². The van der Waals surface area contributed by atoms with Gasteiger partial charge in [0.1, 0.15) is 0 Å². The molecule has 72 valence electrons. The molecule has 13 heavy (non-hydrogen) atoms. The van der Waals surface area contributed by atoms with E-state index in [0.717, 1.165) is 0 Å². The fourth-order valence-electron chi connectivity index (χ4n) is 1.02. The van der Waals surface area contributed by atoms with Crippen molar-refractivity contribution in [3.8, 4) is 23.0 Å². The molecule has 0 saturated heterocycles. The Hall–Kier alpha value is -1.62. The third-order valence-corrected chi connectivity index (χ3v) is 1.89. The molecule has 0 fully saturated rings. The number of phenols is 4. The minimum atomic E-state index is -0.668. The first-order valence-electron chi connectivity index (χ1n) is 3.56. The van der Waals surface area contributed by atoms with Gasteiger partial charge in [0.05, 0.1) is 12.2 Å². The van der Waals surface area contributed by atoms with Crippen LogP contribution in [-0.4, -0.2) is 25.5 Å². The Bertz CT molecular complexity index is 316. The quantitative estimate of drug-likeness (QED) is 0.321. The molecule has 0 heterocycles. The smallest absolute Gasteiger partial charge is 0.167 e. The second-order valence-corrected chi connectivity index (χ2v) is 2.66. The van der Waals surface area contributed by atoms with Crippen LogP contribution in [0.1, 0.15) is 11.1 Å². The fraction of sp³-hybridized carbons (Fsp3) is 0.250. The minimum Gasteiger partial charge on any atom is -0.504 e. The molecule has 0 aliphatic rings. The predicted molar refractivity (Wildman–Crippen MR) is 43.8 cm³/mol. The van der Waals surface area contributed by atoms with Crippen LogP contribution >= 0.6 is 0 Å². The van der Waals surface area contributed by atoms with Gasteiger partial charge in [-0.25, -0.2) is 0 Å². The largest absolute Gasteiger partial charge is 0.504 e. The Morgan fingerprint density at radius 1 is 0.846 bits per heavy atom. The van der Waals surface area contributed by atoms with Crippen LogP contribution in [-0.2, 0) is 6.61 Å². The zero-order chi connectivity index (χ0) is 10.2. The van der Waals surface area contributed by atoms with Crippen molar-refractivity contribution in [2.45, 2.75) is 13.5 Å². The Balaban J connectivity index is 3.56. The number of hydrogen-bond acceptors (Lipinski definition) is 5. The number of hydrogen-bond donors (Lipinski definition) is 5. The summed E-state index contributed by atoms with van der Waals surface area (Å²) in [5.74, 6) is -2.32. The van der Waals surface area contributed by atoms with E-state index >= 15 is 0 Å². The van der Waals surface area contributed by atoms with E-state index in [4.69, 9.17) is 5.11 Å². The number of phenolic OH excluding ortho intramolecular Hbond substituents is 2. The summed E-state index contributed by atoms with van der Waals surface area (Å²) in [6.07, 6.45) is 0. The third-order valence-electron chi connectivity index (χ3n) is 1.89. The molecule has 0 atom stereocenters. The number of aliphatic hydroxyl groups is 1. The molecule has 5 heteroatoms. The van der Waals surface area contributed by atoms with Crippen molar-refractivity contribution >= 4 is 0 Å². The van der Waals surface area contributed by atoms with Crippen LogP contribution in [0.25, 0.3) is 0 Å². The number of aromatic hydroxyl groups is 4. The number of benzene rings is 1. The highest BCUT2D eigenvalue weighted by molar-refractivity contribution is 5.63. The Labute approximate surface area is 74.1 Å². The molecular weight excluding hydrogens is 176 g/mol. The van der Waals surface area contributed by atoms with E-state index in [9.17, 15) is 20.4 Å². The summed E-state index contributed by atoms with van der Waals surface area (Å²) in [6, 6.07) is 0. The van der Waals surface area contributed by atoms with E-state index < -0.39 is 29.6 Å². The lowest BCUT2D eigenvalue weighted by molar-refractivity contribution is 0.262. The molecule has 0 bridgehead atoms. The van der Waals surface area contributed by atoms with Crippen molar-refractivity contribution in [2.24, 2.45) is 0 Å². The van der Waals surface area contributed by atoms with E-state index in [0.29, 0.717) is 0 Å². The summed E-state index contributed by atoms with van der Waals surface area (Å²) in [6.45, 7) is 0.657. The van der Waals surface area contributed by atoms with E-state index in [-0.39, 0.29) is 11.1 Å². The van der Waals surface area contributed by atoms with Crippen LogP contribution in [0, 0.1) is 6.92 Å². The van der Waals surface area contributed by atoms with Gasteiger partial charge in [-0.15, -0.1) is 0 Å². The van der Waals surface area contributed by atoms with Gasteiger partial charge in [-0.05, 0) is 6.92 Å². The monoisotopic (exact) mass is 186 g/mol. The molecule has 0 aliphatic carbocycles. The average Bonchev–Trinajstić information content (AvgIpc) is 2.13. The lowest BCUT2D eigenvalue weighted by Gasteiger charge is -2.10. The molecule has 5 nitrogen and oxygen atoms in total.